The van der Waals surface area contributed by atoms with Gasteiger partial charge in [0.05, 0.1) is 0 Å². The first-order valence-corrected chi connectivity index (χ1v) is 9.28. The van der Waals surface area contributed by atoms with E-state index in [0.29, 0.717) is 11.8 Å². The molecule has 0 radical (unpaired) electrons. The molecule has 0 aliphatic heterocycles. The van der Waals surface area contributed by atoms with Crippen LogP contribution in [0.4, 0.5) is 0 Å². The minimum absolute atomic E-state index is 0.295. The minimum Gasteiger partial charge on any atom is -0.308 e. The van der Waals surface area contributed by atoms with Crippen LogP contribution in [0.15, 0.2) is 29.0 Å². The summed E-state index contributed by atoms with van der Waals surface area (Å²) in [5.74, 6) is 0.711. The van der Waals surface area contributed by atoms with Gasteiger partial charge in [0.2, 0.25) is 0 Å². The van der Waals surface area contributed by atoms with Gasteiger partial charge in [-0.15, -0.1) is 22.7 Å². The molecular formula is C13H17NOS3. The highest BCUT2D eigenvalue weighted by molar-refractivity contribution is 7.84. The van der Waals surface area contributed by atoms with E-state index in [0.717, 1.165) is 6.54 Å². The molecule has 0 bridgehead atoms. The fourth-order valence-electron chi connectivity index (χ4n) is 1.73. The second-order valence-corrected chi connectivity index (χ2v) is 7.72. The van der Waals surface area contributed by atoms with Crippen molar-refractivity contribution >= 4 is 33.5 Å². The molecule has 5 heteroatoms. The van der Waals surface area contributed by atoms with Gasteiger partial charge in [-0.1, -0.05) is 6.07 Å². The highest BCUT2D eigenvalue weighted by Crippen LogP contribution is 2.29. The van der Waals surface area contributed by atoms with E-state index in [1.54, 1.807) is 28.9 Å². The molecule has 2 aromatic rings. The highest BCUT2D eigenvalue weighted by atomic mass is 32.2. The molecule has 0 saturated heterocycles. The number of thiophene rings is 2. The average molecular weight is 299 g/mol. The molecule has 98 valence electrons. The maximum atomic E-state index is 11.1. The molecular weight excluding hydrogens is 282 g/mol. The van der Waals surface area contributed by atoms with Crippen LogP contribution in [0.5, 0.6) is 0 Å². The lowest BCUT2D eigenvalue weighted by Crippen LogP contribution is -2.30. The van der Waals surface area contributed by atoms with E-state index in [2.05, 4.69) is 41.2 Å². The van der Waals surface area contributed by atoms with Gasteiger partial charge in [-0.3, -0.25) is 4.21 Å². The van der Waals surface area contributed by atoms with Crippen molar-refractivity contribution in [1.29, 1.82) is 0 Å². The van der Waals surface area contributed by atoms with Crippen LogP contribution in [0, 0.1) is 0 Å². The van der Waals surface area contributed by atoms with Crippen molar-refractivity contribution < 1.29 is 4.21 Å². The lowest BCUT2D eigenvalue weighted by atomic mass is 10.2. The van der Waals surface area contributed by atoms with Crippen LogP contribution in [0.2, 0.25) is 0 Å². The van der Waals surface area contributed by atoms with Gasteiger partial charge in [-0.05, 0) is 29.8 Å². The molecule has 0 amide bonds. The van der Waals surface area contributed by atoms with Gasteiger partial charge in [0.15, 0.2) is 0 Å². The van der Waals surface area contributed by atoms with Gasteiger partial charge in [-0.2, -0.15) is 0 Å². The molecule has 2 heterocycles. The summed E-state index contributed by atoms with van der Waals surface area (Å²) in [6, 6.07) is 6.75. The van der Waals surface area contributed by atoms with Crippen molar-refractivity contribution in [1.82, 2.24) is 5.32 Å². The molecule has 2 aromatic heterocycles. The monoisotopic (exact) mass is 299 g/mol. The normalized spacial score (nSPS) is 14.6. The molecule has 1 N–H and O–H groups in total. The smallest absolute Gasteiger partial charge is 0.0383 e. The Balaban J connectivity index is 1.89. The van der Waals surface area contributed by atoms with Gasteiger partial charge in [0.25, 0.3) is 0 Å². The minimum atomic E-state index is -0.730. The summed E-state index contributed by atoms with van der Waals surface area (Å²) in [5, 5.41) is 7.71. The van der Waals surface area contributed by atoms with Crippen molar-refractivity contribution in [2.24, 2.45) is 0 Å². The lowest BCUT2D eigenvalue weighted by molar-refractivity contribution is 0.591. The van der Waals surface area contributed by atoms with E-state index < -0.39 is 10.8 Å². The largest absolute Gasteiger partial charge is 0.308 e. The van der Waals surface area contributed by atoms with Crippen molar-refractivity contribution in [2.45, 2.75) is 19.5 Å². The summed E-state index contributed by atoms with van der Waals surface area (Å²) in [6.07, 6.45) is 1.75. The van der Waals surface area contributed by atoms with Crippen LogP contribution in [-0.4, -0.2) is 22.3 Å². The third-order valence-electron chi connectivity index (χ3n) is 2.57. The van der Waals surface area contributed by atoms with Crippen LogP contribution in [0.1, 0.15) is 11.8 Å². The summed E-state index contributed by atoms with van der Waals surface area (Å²) in [6.45, 7) is 2.93. The molecule has 0 spiro atoms. The summed E-state index contributed by atoms with van der Waals surface area (Å²) in [7, 11) is -0.730. The Kier molecular flexibility index (Phi) is 5.12. The van der Waals surface area contributed by atoms with E-state index in [9.17, 15) is 4.21 Å². The lowest BCUT2D eigenvalue weighted by Gasteiger charge is -2.10. The number of hydrogen-bond donors (Lipinski definition) is 1. The van der Waals surface area contributed by atoms with Crippen molar-refractivity contribution in [2.75, 3.05) is 12.0 Å². The Morgan fingerprint density at radius 3 is 2.94 bits per heavy atom. The predicted octanol–water partition coefficient (Wildman–Crippen LogP) is 3.33. The van der Waals surface area contributed by atoms with Crippen molar-refractivity contribution in [3.63, 3.8) is 0 Å². The maximum Gasteiger partial charge on any atom is 0.0383 e. The van der Waals surface area contributed by atoms with Crippen LogP contribution in [0.3, 0.4) is 0 Å². The van der Waals surface area contributed by atoms with Crippen LogP contribution >= 0.6 is 22.7 Å². The second kappa shape index (κ2) is 6.61. The molecule has 0 saturated carbocycles. The molecule has 0 fully saturated rings. The SMILES string of the molecule is CC(CS(C)=O)NCc1cc(-c2cccs2)cs1. The van der Waals surface area contributed by atoms with Gasteiger partial charge in [0, 0.05) is 50.7 Å². The molecule has 2 atom stereocenters. The molecule has 2 nitrogen and oxygen atoms in total. The first-order chi connectivity index (χ1) is 8.65. The van der Waals surface area contributed by atoms with Gasteiger partial charge in [0.1, 0.15) is 0 Å². The Labute approximate surface area is 119 Å². The topological polar surface area (TPSA) is 29.1 Å². The predicted molar refractivity (Wildman–Crippen MR) is 82.9 cm³/mol. The zero-order chi connectivity index (χ0) is 13.0. The van der Waals surface area contributed by atoms with Crippen molar-refractivity contribution in [3.05, 3.63) is 33.8 Å². The molecule has 0 aliphatic carbocycles. The second-order valence-electron chi connectivity index (χ2n) is 4.30. The standard InChI is InChI=1S/C13H17NOS3/c1-10(9-18(2)15)14-7-12-6-11(8-17-12)13-4-3-5-16-13/h3-6,8,10,14H,7,9H2,1-2H3. The number of hydrogen-bond acceptors (Lipinski definition) is 4. The van der Waals surface area contributed by atoms with E-state index in [1.807, 2.05) is 0 Å². The molecule has 18 heavy (non-hydrogen) atoms. The third kappa shape index (κ3) is 4.02. The van der Waals surface area contributed by atoms with Crippen LogP contribution in [0.25, 0.3) is 10.4 Å². The summed E-state index contributed by atoms with van der Waals surface area (Å²) in [5.41, 5.74) is 1.30. The van der Waals surface area contributed by atoms with Crippen molar-refractivity contribution in [3.8, 4) is 10.4 Å². The summed E-state index contributed by atoms with van der Waals surface area (Å²) < 4.78 is 11.1. The average Bonchev–Trinajstić information content (AvgIpc) is 2.96. The zero-order valence-corrected chi connectivity index (χ0v) is 13.0. The van der Waals surface area contributed by atoms with Crippen LogP contribution in [-0.2, 0) is 17.3 Å². The molecule has 2 unspecified atom stereocenters. The fraction of sp³-hybridized carbons (Fsp3) is 0.385. The summed E-state index contributed by atoms with van der Waals surface area (Å²) in [4.78, 5) is 2.65. The van der Waals surface area contributed by atoms with Gasteiger partial charge in [-0.25, -0.2) is 0 Å². The Bertz CT molecular complexity index is 504. The number of rotatable bonds is 6. The summed E-state index contributed by atoms with van der Waals surface area (Å²) >= 11 is 3.55. The van der Waals surface area contributed by atoms with E-state index in [-0.39, 0.29) is 0 Å². The Morgan fingerprint density at radius 2 is 2.28 bits per heavy atom. The Hall–Kier alpha value is -0.490. The van der Waals surface area contributed by atoms with Gasteiger partial charge < -0.3 is 5.32 Å². The first-order valence-electron chi connectivity index (χ1n) is 5.80. The zero-order valence-electron chi connectivity index (χ0n) is 10.5. The maximum absolute atomic E-state index is 11.1. The van der Waals surface area contributed by atoms with Crippen LogP contribution < -0.4 is 5.32 Å². The van der Waals surface area contributed by atoms with E-state index >= 15 is 0 Å². The quantitative estimate of drug-likeness (QED) is 0.886. The first kappa shape index (κ1) is 13.9. The molecule has 2 rings (SSSR count). The van der Waals surface area contributed by atoms with E-state index in [1.165, 1.54) is 15.3 Å². The number of nitrogens with one attached hydrogen (secondary N) is 1. The fourth-order valence-corrected chi connectivity index (χ4v) is 4.18. The molecule has 0 aliphatic rings. The highest BCUT2D eigenvalue weighted by Gasteiger charge is 2.06. The Morgan fingerprint density at radius 1 is 1.44 bits per heavy atom. The van der Waals surface area contributed by atoms with E-state index in [4.69, 9.17) is 0 Å². The third-order valence-corrected chi connectivity index (χ3v) is 5.39. The van der Waals surface area contributed by atoms with Gasteiger partial charge >= 0.3 is 0 Å². The molecule has 0 aromatic carbocycles.